The molecule has 2 aliphatic rings. The number of rotatable bonds is 3. The fourth-order valence-corrected chi connectivity index (χ4v) is 2.69. The third kappa shape index (κ3) is 2.48. The molecule has 2 rings (SSSR count). The highest BCUT2D eigenvalue weighted by Crippen LogP contribution is 2.26. The van der Waals surface area contributed by atoms with Crippen LogP contribution in [0.3, 0.4) is 0 Å². The molecule has 4 heteroatoms. The van der Waals surface area contributed by atoms with Gasteiger partial charge < -0.3 is 15.0 Å². The second-order valence-electron chi connectivity index (χ2n) is 5.28. The quantitative estimate of drug-likeness (QED) is 0.792. The van der Waals surface area contributed by atoms with Crippen LogP contribution in [0.25, 0.3) is 0 Å². The van der Waals surface area contributed by atoms with Crippen molar-refractivity contribution in [2.75, 3.05) is 26.2 Å². The zero-order valence-electron chi connectivity index (χ0n) is 10.2. The lowest BCUT2D eigenvalue weighted by atomic mass is 9.90. The topological polar surface area (TPSA) is 41.6 Å². The van der Waals surface area contributed by atoms with Crippen LogP contribution >= 0.6 is 0 Å². The van der Waals surface area contributed by atoms with E-state index in [0.717, 1.165) is 32.5 Å². The lowest BCUT2D eigenvalue weighted by Crippen LogP contribution is -2.44. The van der Waals surface area contributed by atoms with Gasteiger partial charge in [0.25, 0.3) is 0 Å². The third-order valence-electron chi connectivity index (χ3n) is 3.50. The average molecular weight is 226 g/mol. The van der Waals surface area contributed by atoms with Crippen molar-refractivity contribution in [1.82, 2.24) is 10.2 Å². The molecule has 0 radical (unpaired) electrons. The molecule has 0 saturated carbocycles. The van der Waals surface area contributed by atoms with Gasteiger partial charge in [-0.3, -0.25) is 0 Å². The second kappa shape index (κ2) is 5.04. The third-order valence-corrected chi connectivity index (χ3v) is 3.50. The van der Waals surface area contributed by atoms with E-state index in [0.29, 0.717) is 24.5 Å². The summed E-state index contributed by atoms with van der Waals surface area (Å²) in [6.07, 6.45) is 2.21. The minimum atomic E-state index is -0.114. The van der Waals surface area contributed by atoms with E-state index in [1.807, 2.05) is 4.90 Å². The van der Waals surface area contributed by atoms with Crippen molar-refractivity contribution in [3.05, 3.63) is 0 Å². The Labute approximate surface area is 97.3 Å². The Kier molecular flexibility index (Phi) is 3.69. The minimum absolute atomic E-state index is 0.114. The van der Waals surface area contributed by atoms with Crippen molar-refractivity contribution < 1.29 is 9.53 Å². The highest BCUT2D eigenvalue weighted by Gasteiger charge is 2.38. The van der Waals surface area contributed by atoms with Gasteiger partial charge >= 0.3 is 6.09 Å². The molecule has 0 aromatic heterocycles. The maximum Gasteiger partial charge on any atom is 0.410 e. The number of amides is 1. The van der Waals surface area contributed by atoms with Crippen LogP contribution in [0, 0.1) is 11.8 Å². The van der Waals surface area contributed by atoms with Gasteiger partial charge in [0.05, 0.1) is 6.04 Å². The predicted molar refractivity (Wildman–Crippen MR) is 62.3 cm³/mol. The Balaban J connectivity index is 1.98. The summed E-state index contributed by atoms with van der Waals surface area (Å²) in [5.41, 5.74) is 0. The number of ether oxygens (including phenoxy) is 1. The van der Waals surface area contributed by atoms with E-state index in [-0.39, 0.29) is 6.09 Å². The number of piperidine rings is 1. The molecule has 92 valence electrons. The molecule has 1 atom stereocenters. The molecule has 16 heavy (non-hydrogen) atoms. The normalized spacial score (nSPS) is 27.6. The Morgan fingerprint density at radius 1 is 1.44 bits per heavy atom. The monoisotopic (exact) mass is 226 g/mol. The smallest absolute Gasteiger partial charge is 0.410 e. The first-order valence-corrected chi connectivity index (χ1v) is 6.32. The zero-order valence-corrected chi connectivity index (χ0v) is 10.2. The average Bonchev–Trinajstić information content (AvgIpc) is 2.61. The van der Waals surface area contributed by atoms with Gasteiger partial charge in [0, 0.05) is 6.54 Å². The van der Waals surface area contributed by atoms with Gasteiger partial charge in [0.2, 0.25) is 0 Å². The summed E-state index contributed by atoms with van der Waals surface area (Å²) in [4.78, 5) is 13.6. The van der Waals surface area contributed by atoms with Crippen LogP contribution < -0.4 is 5.32 Å². The number of cyclic esters (lactones) is 1. The van der Waals surface area contributed by atoms with Gasteiger partial charge in [-0.25, -0.2) is 4.79 Å². The molecule has 1 amide bonds. The lowest BCUT2D eigenvalue weighted by Gasteiger charge is -2.32. The van der Waals surface area contributed by atoms with Gasteiger partial charge in [-0.05, 0) is 37.8 Å². The second-order valence-corrected chi connectivity index (χ2v) is 5.28. The maximum absolute atomic E-state index is 11.7. The summed E-state index contributed by atoms with van der Waals surface area (Å²) in [6, 6.07) is 0.317. The number of nitrogens with zero attached hydrogens (tertiary/aromatic N) is 1. The molecule has 2 aliphatic heterocycles. The highest BCUT2D eigenvalue weighted by molar-refractivity contribution is 5.70. The van der Waals surface area contributed by atoms with Crippen molar-refractivity contribution in [1.29, 1.82) is 0 Å². The van der Waals surface area contributed by atoms with Crippen molar-refractivity contribution in [2.24, 2.45) is 11.8 Å². The standard InChI is InChI=1S/C12H22N2O2/c1-9(2)7-14-11(8-16-12(14)15)10-3-5-13-6-4-10/h9-11,13H,3-8H2,1-2H3. The van der Waals surface area contributed by atoms with Crippen LogP contribution in [-0.2, 0) is 4.74 Å². The molecular formula is C12H22N2O2. The van der Waals surface area contributed by atoms with Crippen molar-refractivity contribution >= 4 is 6.09 Å². The number of hydrogen-bond acceptors (Lipinski definition) is 3. The molecule has 4 nitrogen and oxygen atoms in total. The fraction of sp³-hybridized carbons (Fsp3) is 0.917. The molecule has 2 fully saturated rings. The first-order chi connectivity index (χ1) is 7.68. The molecule has 0 spiro atoms. The summed E-state index contributed by atoms with van der Waals surface area (Å²) in [6.45, 7) is 7.86. The Morgan fingerprint density at radius 2 is 2.12 bits per heavy atom. The number of carbonyl (C=O) groups is 1. The number of nitrogens with one attached hydrogen (secondary N) is 1. The molecule has 0 bridgehead atoms. The fourth-order valence-electron chi connectivity index (χ4n) is 2.69. The molecule has 0 aliphatic carbocycles. The summed E-state index contributed by atoms with van der Waals surface area (Å²) < 4.78 is 5.20. The lowest BCUT2D eigenvalue weighted by molar-refractivity contribution is 0.148. The van der Waals surface area contributed by atoms with Gasteiger partial charge in [-0.15, -0.1) is 0 Å². The first kappa shape index (κ1) is 11.7. The van der Waals surface area contributed by atoms with Crippen molar-refractivity contribution in [3.63, 3.8) is 0 Å². The van der Waals surface area contributed by atoms with E-state index in [1.54, 1.807) is 0 Å². The van der Waals surface area contributed by atoms with E-state index in [4.69, 9.17) is 4.74 Å². The molecule has 2 saturated heterocycles. The molecule has 0 aromatic rings. The van der Waals surface area contributed by atoms with Crippen LogP contribution in [0.4, 0.5) is 4.79 Å². The summed E-state index contributed by atoms with van der Waals surface area (Å²) in [5, 5.41) is 3.36. The van der Waals surface area contributed by atoms with Crippen molar-refractivity contribution in [3.8, 4) is 0 Å². The Morgan fingerprint density at radius 3 is 2.75 bits per heavy atom. The number of carbonyl (C=O) groups excluding carboxylic acids is 1. The van der Waals surface area contributed by atoms with Gasteiger partial charge in [-0.1, -0.05) is 13.8 Å². The first-order valence-electron chi connectivity index (χ1n) is 6.32. The van der Waals surface area contributed by atoms with Crippen LogP contribution in [0.2, 0.25) is 0 Å². The van der Waals surface area contributed by atoms with E-state index in [2.05, 4.69) is 19.2 Å². The molecular weight excluding hydrogens is 204 g/mol. The largest absolute Gasteiger partial charge is 0.447 e. The van der Waals surface area contributed by atoms with Crippen LogP contribution in [-0.4, -0.2) is 43.3 Å². The van der Waals surface area contributed by atoms with Crippen molar-refractivity contribution in [2.45, 2.75) is 32.7 Å². The van der Waals surface area contributed by atoms with E-state index >= 15 is 0 Å². The van der Waals surface area contributed by atoms with Gasteiger partial charge in [-0.2, -0.15) is 0 Å². The summed E-state index contributed by atoms with van der Waals surface area (Å²) >= 11 is 0. The van der Waals surface area contributed by atoms with E-state index in [1.165, 1.54) is 0 Å². The molecule has 1 N–H and O–H groups in total. The predicted octanol–water partition coefficient (Wildman–Crippen LogP) is 1.46. The minimum Gasteiger partial charge on any atom is -0.447 e. The van der Waals surface area contributed by atoms with Crippen LogP contribution in [0.5, 0.6) is 0 Å². The Bertz CT molecular complexity index is 249. The van der Waals surface area contributed by atoms with Gasteiger partial charge in [0.1, 0.15) is 6.61 Å². The SMILES string of the molecule is CC(C)CN1C(=O)OCC1C1CCNCC1. The molecule has 1 unspecified atom stereocenters. The van der Waals surface area contributed by atoms with Crippen LogP contribution in [0.1, 0.15) is 26.7 Å². The van der Waals surface area contributed by atoms with E-state index in [9.17, 15) is 4.79 Å². The molecule has 2 heterocycles. The number of hydrogen-bond donors (Lipinski definition) is 1. The zero-order chi connectivity index (χ0) is 11.5. The summed E-state index contributed by atoms with van der Waals surface area (Å²) in [5.74, 6) is 1.13. The van der Waals surface area contributed by atoms with Gasteiger partial charge in [0.15, 0.2) is 0 Å². The summed E-state index contributed by atoms with van der Waals surface area (Å²) in [7, 11) is 0. The van der Waals surface area contributed by atoms with E-state index < -0.39 is 0 Å². The maximum atomic E-state index is 11.7. The van der Waals surface area contributed by atoms with Crippen LogP contribution in [0.15, 0.2) is 0 Å². The highest BCUT2D eigenvalue weighted by atomic mass is 16.6. The Hall–Kier alpha value is -0.770. The molecule has 0 aromatic carbocycles.